The Labute approximate surface area is 244 Å². The normalized spacial score (nSPS) is 18.5. The topological polar surface area (TPSA) is 77.8 Å². The lowest BCUT2D eigenvalue weighted by Crippen LogP contribution is -2.47. The number of alkyl halides is 3. The Morgan fingerprint density at radius 3 is 2.52 bits per heavy atom. The molecule has 1 saturated carbocycles. The lowest BCUT2D eigenvalue weighted by Gasteiger charge is -2.29. The van der Waals surface area contributed by atoms with E-state index in [1.807, 2.05) is 36.4 Å². The number of carbonyl (C=O) groups is 1. The second kappa shape index (κ2) is 13.1. The number of hydrogen-bond acceptors (Lipinski definition) is 5. The summed E-state index contributed by atoms with van der Waals surface area (Å²) in [6.07, 6.45) is 2.71. The number of fused-ring (bicyclic) bond motifs is 1. The van der Waals surface area contributed by atoms with Gasteiger partial charge in [-0.3, -0.25) is 14.8 Å². The van der Waals surface area contributed by atoms with Crippen LogP contribution in [0.4, 0.5) is 18.9 Å². The summed E-state index contributed by atoms with van der Waals surface area (Å²) in [6, 6.07) is 16.4. The summed E-state index contributed by atoms with van der Waals surface area (Å²) in [7, 11) is 0. The minimum atomic E-state index is -4.45. The maximum Gasteiger partial charge on any atom is 0.416 e. The molecule has 1 aliphatic carbocycles. The van der Waals surface area contributed by atoms with E-state index in [1.54, 1.807) is 12.4 Å². The largest absolute Gasteiger partial charge is 0.416 e. The second-order valence-corrected chi connectivity index (χ2v) is 11.3. The lowest BCUT2D eigenvalue weighted by atomic mass is 9.91. The van der Waals surface area contributed by atoms with Gasteiger partial charge < -0.3 is 15.3 Å². The van der Waals surface area contributed by atoms with Gasteiger partial charge in [-0.2, -0.15) is 13.2 Å². The van der Waals surface area contributed by atoms with Gasteiger partial charge in [0.1, 0.15) is 6.17 Å². The fourth-order valence-electron chi connectivity index (χ4n) is 5.55. The molecule has 2 heterocycles. The highest BCUT2D eigenvalue weighted by Crippen LogP contribution is 2.37. The zero-order valence-corrected chi connectivity index (χ0v) is 23.7. The first-order valence-corrected chi connectivity index (χ1v) is 14.7. The number of nitrogens with one attached hydrogen (secondary N) is 1. The number of para-hydroxylation sites is 1. The second-order valence-electron chi connectivity index (χ2n) is 11.3. The van der Waals surface area contributed by atoms with Crippen LogP contribution in [0.1, 0.15) is 67.7 Å². The molecule has 42 heavy (non-hydrogen) atoms. The lowest BCUT2D eigenvalue weighted by molar-refractivity contribution is -0.137. The number of amides is 1. The Morgan fingerprint density at radius 1 is 1.10 bits per heavy atom. The Bertz CT molecular complexity index is 1370. The SMILES string of the molecule is CCCCC(O)C(CC1CC1)C(=O)NC1CN(Cc2cccnc2)c2ccccc2C(c2ccc(C(F)(F)F)cc2)=N1. The van der Waals surface area contributed by atoms with Gasteiger partial charge in [-0.05, 0) is 48.6 Å². The Balaban J connectivity index is 1.51. The number of carbonyl (C=O) groups excluding carboxylic acids is 1. The van der Waals surface area contributed by atoms with Crippen molar-refractivity contribution >= 4 is 17.3 Å². The fraction of sp³-hybridized carbons (Fsp3) is 0.424. The van der Waals surface area contributed by atoms with E-state index in [2.05, 4.69) is 22.1 Å². The van der Waals surface area contributed by atoms with Crippen LogP contribution in [0.5, 0.6) is 0 Å². The highest BCUT2D eigenvalue weighted by molar-refractivity contribution is 6.16. The van der Waals surface area contributed by atoms with Crippen molar-refractivity contribution in [1.29, 1.82) is 0 Å². The Hall–Kier alpha value is -3.72. The standard InChI is InChI=1S/C33H37F3N4O2/c1-2-3-10-29(41)27(18-22-11-12-22)32(42)39-30-21-40(20-23-7-6-17-37-19-23)28-9-5-4-8-26(28)31(38-30)24-13-15-25(16-14-24)33(34,35)36/h4-9,13-17,19,22,27,29-30,41H,2-3,10-12,18,20-21H2,1H3,(H,39,42). The molecular formula is C33H37F3N4O2. The summed E-state index contributed by atoms with van der Waals surface area (Å²) in [6.45, 7) is 2.89. The van der Waals surface area contributed by atoms with Crippen LogP contribution < -0.4 is 10.2 Å². The van der Waals surface area contributed by atoms with Gasteiger partial charge in [0.2, 0.25) is 5.91 Å². The average Bonchev–Trinajstić information content (AvgIpc) is 3.82. The van der Waals surface area contributed by atoms with E-state index >= 15 is 0 Å². The fourth-order valence-corrected chi connectivity index (χ4v) is 5.55. The van der Waals surface area contributed by atoms with Crippen LogP contribution in [0.15, 0.2) is 78.0 Å². The van der Waals surface area contributed by atoms with Gasteiger partial charge in [-0.25, -0.2) is 0 Å². The summed E-state index contributed by atoms with van der Waals surface area (Å²) in [4.78, 5) is 25.1. The number of halogens is 3. The van der Waals surface area contributed by atoms with Crippen molar-refractivity contribution in [1.82, 2.24) is 10.3 Å². The van der Waals surface area contributed by atoms with Gasteiger partial charge in [-0.15, -0.1) is 0 Å². The molecule has 0 spiro atoms. The Morgan fingerprint density at radius 2 is 1.86 bits per heavy atom. The highest BCUT2D eigenvalue weighted by atomic mass is 19.4. The summed E-state index contributed by atoms with van der Waals surface area (Å²) in [5.74, 6) is -0.326. The predicted octanol–water partition coefficient (Wildman–Crippen LogP) is 6.37. The molecule has 2 N–H and O–H groups in total. The molecule has 1 fully saturated rings. The van der Waals surface area contributed by atoms with Crippen molar-refractivity contribution < 1.29 is 23.1 Å². The number of anilines is 1. The van der Waals surface area contributed by atoms with Crippen LogP contribution in [0.2, 0.25) is 0 Å². The van der Waals surface area contributed by atoms with Gasteiger partial charge in [0, 0.05) is 35.8 Å². The van der Waals surface area contributed by atoms with E-state index in [0.29, 0.717) is 43.1 Å². The molecule has 9 heteroatoms. The summed E-state index contributed by atoms with van der Waals surface area (Å²) in [5, 5.41) is 14.1. The molecule has 0 bridgehead atoms. The molecular weight excluding hydrogens is 541 g/mol. The van der Waals surface area contributed by atoms with E-state index in [9.17, 15) is 23.1 Å². The molecule has 1 amide bonds. The molecule has 0 saturated heterocycles. The number of benzodiazepines with no additional fused rings is 1. The number of aliphatic hydroxyl groups is 1. The van der Waals surface area contributed by atoms with Crippen LogP contribution >= 0.6 is 0 Å². The highest BCUT2D eigenvalue weighted by Gasteiger charge is 2.36. The third-order valence-corrected chi connectivity index (χ3v) is 8.01. The van der Waals surface area contributed by atoms with Gasteiger partial charge in [0.05, 0.1) is 29.8 Å². The number of aliphatic imine (C=N–C) groups is 1. The minimum Gasteiger partial charge on any atom is -0.392 e. The van der Waals surface area contributed by atoms with Gasteiger partial charge in [0.15, 0.2) is 0 Å². The average molecular weight is 579 g/mol. The molecule has 0 radical (unpaired) electrons. The number of hydrogen-bond donors (Lipinski definition) is 2. The summed E-state index contributed by atoms with van der Waals surface area (Å²) in [5.41, 5.74) is 2.88. The molecule has 5 rings (SSSR count). The molecule has 1 aliphatic heterocycles. The number of benzene rings is 2. The predicted molar refractivity (Wildman–Crippen MR) is 157 cm³/mol. The van der Waals surface area contributed by atoms with Gasteiger partial charge >= 0.3 is 6.18 Å². The summed E-state index contributed by atoms with van der Waals surface area (Å²) >= 11 is 0. The monoisotopic (exact) mass is 578 g/mol. The smallest absolute Gasteiger partial charge is 0.392 e. The van der Waals surface area contributed by atoms with Gasteiger partial charge in [0.25, 0.3) is 0 Å². The minimum absolute atomic E-state index is 0.238. The van der Waals surface area contributed by atoms with Crippen molar-refractivity contribution in [2.24, 2.45) is 16.8 Å². The quantitative estimate of drug-likeness (QED) is 0.277. The summed E-state index contributed by atoms with van der Waals surface area (Å²) < 4.78 is 40.0. The van der Waals surface area contributed by atoms with Crippen LogP contribution in [0.25, 0.3) is 0 Å². The zero-order valence-electron chi connectivity index (χ0n) is 23.7. The van der Waals surface area contributed by atoms with E-state index < -0.39 is 29.9 Å². The third-order valence-electron chi connectivity index (χ3n) is 8.01. The Kier molecular flexibility index (Phi) is 9.26. The van der Waals surface area contributed by atoms with E-state index in [-0.39, 0.29) is 5.91 Å². The van der Waals surface area contributed by atoms with Crippen LogP contribution in [0.3, 0.4) is 0 Å². The van der Waals surface area contributed by atoms with E-state index in [1.165, 1.54) is 12.1 Å². The zero-order chi connectivity index (χ0) is 29.7. The number of rotatable bonds is 11. The molecule has 2 aromatic carbocycles. The molecule has 3 aromatic rings. The molecule has 3 unspecified atom stereocenters. The van der Waals surface area contributed by atoms with Crippen molar-refractivity contribution in [3.05, 3.63) is 95.3 Å². The number of nitrogens with zero attached hydrogens (tertiary/aromatic N) is 3. The first kappa shape index (κ1) is 29.8. The molecule has 1 aromatic heterocycles. The van der Waals surface area contributed by atoms with Crippen LogP contribution in [-0.4, -0.2) is 40.5 Å². The number of unbranched alkanes of at least 4 members (excludes halogenated alkanes) is 1. The first-order valence-electron chi connectivity index (χ1n) is 14.7. The molecule has 2 aliphatic rings. The van der Waals surface area contributed by atoms with Crippen molar-refractivity contribution in [2.75, 3.05) is 11.4 Å². The number of pyridine rings is 1. The molecule has 3 atom stereocenters. The van der Waals surface area contributed by atoms with E-state index in [0.717, 1.165) is 54.6 Å². The first-order chi connectivity index (χ1) is 20.2. The third kappa shape index (κ3) is 7.37. The van der Waals surface area contributed by atoms with Crippen molar-refractivity contribution in [3.63, 3.8) is 0 Å². The van der Waals surface area contributed by atoms with Crippen molar-refractivity contribution in [3.8, 4) is 0 Å². The molecule has 6 nitrogen and oxygen atoms in total. The maximum absolute atomic E-state index is 13.7. The van der Waals surface area contributed by atoms with Crippen LogP contribution in [0, 0.1) is 11.8 Å². The molecule has 222 valence electrons. The van der Waals surface area contributed by atoms with Crippen molar-refractivity contribution in [2.45, 2.75) is 70.4 Å². The van der Waals surface area contributed by atoms with Crippen LogP contribution in [-0.2, 0) is 17.5 Å². The van der Waals surface area contributed by atoms with E-state index in [4.69, 9.17) is 4.99 Å². The number of aromatic nitrogens is 1. The number of aliphatic hydroxyl groups excluding tert-OH is 1. The van der Waals surface area contributed by atoms with Gasteiger partial charge in [-0.1, -0.05) is 69.0 Å². The maximum atomic E-state index is 13.7.